The van der Waals surface area contributed by atoms with E-state index < -0.39 is 10.0 Å². The second-order valence-corrected chi connectivity index (χ2v) is 6.45. The summed E-state index contributed by atoms with van der Waals surface area (Å²) < 4.78 is 26.2. The Bertz CT molecular complexity index is 454. The van der Waals surface area contributed by atoms with Gasteiger partial charge in [0.1, 0.15) is 0 Å². The average molecular weight is 273 g/mol. The van der Waals surface area contributed by atoms with Gasteiger partial charge in [0.05, 0.1) is 6.26 Å². The van der Waals surface area contributed by atoms with Crippen LogP contribution in [0.5, 0.6) is 0 Å². The summed E-state index contributed by atoms with van der Waals surface area (Å²) in [6, 6.07) is 2.07. The molecule has 0 aliphatic carbocycles. The lowest BCUT2D eigenvalue weighted by Gasteiger charge is -2.17. The monoisotopic (exact) mass is 273 g/mol. The fourth-order valence-corrected chi connectivity index (χ4v) is 2.77. The third kappa shape index (κ3) is 5.20. The standard InChI is InChI=1S/C12H23N3O2S/c1-4-15(18(3,16)17)8-5-7-13-10-12-6-9-14(2)11-12/h6,9,11,13H,4-5,7-8,10H2,1-3H3. The van der Waals surface area contributed by atoms with Gasteiger partial charge in [0.15, 0.2) is 0 Å². The molecular weight excluding hydrogens is 250 g/mol. The Kier molecular flexibility index (Phi) is 5.84. The lowest BCUT2D eigenvalue weighted by Crippen LogP contribution is -2.32. The van der Waals surface area contributed by atoms with Gasteiger partial charge in [-0.25, -0.2) is 12.7 Å². The van der Waals surface area contributed by atoms with Crippen LogP contribution < -0.4 is 5.32 Å². The maximum Gasteiger partial charge on any atom is 0.211 e. The number of aryl methyl sites for hydroxylation is 1. The zero-order valence-electron chi connectivity index (χ0n) is 11.4. The maximum atomic E-state index is 11.4. The smallest absolute Gasteiger partial charge is 0.211 e. The van der Waals surface area contributed by atoms with Crippen LogP contribution in [-0.4, -0.2) is 43.2 Å². The number of aromatic nitrogens is 1. The molecule has 1 rings (SSSR count). The molecule has 1 N–H and O–H groups in total. The molecule has 0 aliphatic rings. The Balaban J connectivity index is 2.19. The molecule has 6 heteroatoms. The van der Waals surface area contributed by atoms with Crippen molar-refractivity contribution in [3.05, 3.63) is 24.0 Å². The van der Waals surface area contributed by atoms with Crippen LogP contribution in [0.25, 0.3) is 0 Å². The van der Waals surface area contributed by atoms with Crippen molar-refractivity contribution in [1.82, 2.24) is 14.2 Å². The second kappa shape index (κ2) is 6.92. The summed E-state index contributed by atoms with van der Waals surface area (Å²) >= 11 is 0. The van der Waals surface area contributed by atoms with E-state index in [1.165, 1.54) is 16.1 Å². The van der Waals surface area contributed by atoms with E-state index in [1.54, 1.807) is 0 Å². The highest BCUT2D eigenvalue weighted by Crippen LogP contribution is 2.00. The first-order valence-electron chi connectivity index (χ1n) is 6.20. The lowest BCUT2D eigenvalue weighted by molar-refractivity contribution is 0.419. The molecule has 0 amide bonds. The first kappa shape index (κ1) is 15.2. The molecule has 0 aromatic carbocycles. The molecule has 0 aliphatic heterocycles. The average Bonchev–Trinajstić information content (AvgIpc) is 2.67. The van der Waals surface area contributed by atoms with Gasteiger partial charge in [-0.1, -0.05) is 6.92 Å². The van der Waals surface area contributed by atoms with Crippen LogP contribution >= 0.6 is 0 Å². The number of nitrogens with zero attached hydrogens (tertiary/aromatic N) is 2. The Morgan fingerprint density at radius 3 is 2.67 bits per heavy atom. The van der Waals surface area contributed by atoms with Crippen LogP contribution in [0, 0.1) is 0 Å². The van der Waals surface area contributed by atoms with Crippen molar-refractivity contribution in [3.63, 3.8) is 0 Å². The highest BCUT2D eigenvalue weighted by atomic mass is 32.2. The van der Waals surface area contributed by atoms with Crippen molar-refractivity contribution in [1.29, 1.82) is 0 Å². The van der Waals surface area contributed by atoms with Gasteiger partial charge in [-0.2, -0.15) is 0 Å². The summed E-state index contributed by atoms with van der Waals surface area (Å²) in [6.07, 6.45) is 6.17. The van der Waals surface area contributed by atoms with Crippen molar-refractivity contribution in [2.24, 2.45) is 7.05 Å². The minimum absolute atomic E-state index is 0.539. The molecule has 1 heterocycles. The van der Waals surface area contributed by atoms with E-state index in [0.717, 1.165) is 19.5 Å². The van der Waals surface area contributed by atoms with Gasteiger partial charge in [0.25, 0.3) is 0 Å². The van der Waals surface area contributed by atoms with Crippen LogP contribution in [0.4, 0.5) is 0 Å². The molecule has 0 atom stereocenters. The SMILES string of the molecule is CCN(CCCNCc1ccn(C)c1)S(C)(=O)=O. The molecule has 18 heavy (non-hydrogen) atoms. The highest BCUT2D eigenvalue weighted by molar-refractivity contribution is 7.88. The van der Waals surface area contributed by atoms with E-state index in [9.17, 15) is 8.42 Å². The summed E-state index contributed by atoms with van der Waals surface area (Å²) in [5.41, 5.74) is 1.24. The topological polar surface area (TPSA) is 54.3 Å². The number of sulfonamides is 1. The van der Waals surface area contributed by atoms with E-state index >= 15 is 0 Å². The highest BCUT2D eigenvalue weighted by Gasteiger charge is 2.12. The van der Waals surface area contributed by atoms with Gasteiger partial charge >= 0.3 is 0 Å². The van der Waals surface area contributed by atoms with Crippen LogP contribution in [0.1, 0.15) is 18.9 Å². The third-order valence-electron chi connectivity index (χ3n) is 2.81. The van der Waals surface area contributed by atoms with Gasteiger partial charge in [-0.05, 0) is 24.6 Å². The normalized spacial score (nSPS) is 12.2. The van der Waals surface area contributed by atoms with Crippen molar-refractivity contribution >= 4 is 10.0 Å². The summed E-state index contributed by atoms with van der Waals surface area (Å²) in [6.45, 7) is 4.62. The Morgan fingerprint density at radius 2 is 2.17 bits per heavy atom. The zero-order chi connectivity index (χ0) is 13.6. The molecule has 1 aromatic heterocycles. The number of hydrogen-bond acceptors (Lipinski definition) is 3. The molecule has 0 unspecified atom stereocenters. The van der Waals surface area contributed by atoms with E-state index in [1.807, 2.05) is 24.7 Å². The van der Waals surface area contributed by atoms with Gasteiger partial charge in [0, 0.05) is 39.1 Å². The van der Waals surface area contributed by atoms with Gasteiger partial charge in [-0.3, -0.25) is 0 Å². The first-order chi connectivity index (χ1) is 8.43. The number of nitrogens with one attached hydrogen (secondary N) is 1. The van der Waals surface area contributed by atoms with Crippen molar-refractivity contribution < 1.29 is 8.42 Å². The van der Waals surface area contributed by atoms with E-state index in [2.05, 4.69) is 17.6 Å². The van der Waals surface area contributed by atoms with Crippen molar-refractivity contribution in [2.45, 2.75) is 19.9 Å². The Labute approximate surface area is 110 Å². The third-order valence-corrected chi connectivity index (χ3v) is 4.18. The summed E-state index contributed by atoms with van der Waals surface area (Å²) in [4.78, 5) is 0. The zero-order valence-corrected chi connectivity index (χ0v) is 12.2. The minimum Gasteiger partial charge on any atom is -0.357 e. The first-order valence-corrected chi connectivity index (χ1v) is 8.05. The van der Waals surface area contributed by atoms with Gasteiger partial charge in [-0.15, -0.1) is 0 Å². The summed E-state index contributed by atoms with van der Waals surface area (Å²) in [5, 5.41) is 3.31. The van der Waals surface area contributed by atoms with Gasteiger partial charge < -0.3 is 9.88 Å². The largest absolute Gasteiger partial charge is 0.357 e. The van der Waals surface area contributed by atoms with Crippen molar-refractivity contribution in [3.8, 4) is 0 Å². The van der Waals surface area contributed by atoms with Crippen LogP contribution in [0.2, 0.25) is 0 Å². The van der Waals surface area contributed by atoms with E-state index in [0.29, 0.717) is 13.1 Å². The molecule has 0 bridgehead atoms. The van der Waals surface area contributed by atoms with Crippen LogP contribution in [0.3, 0.4) is 0 Å². The van der Waals surface area contributed by atoms with Crippen LogP contribution in [0.15, 0.2) is 18.5 Å². The summed E-state index contributed by atoms with van der Waals surface area (Å²) in [5.74, 6) is 0. The predicted molar refractivity (Wildman–Crippen MR) is 73.8 cm³/mol. The predicted octanol–water partition coefficient (Wildman–Crippen LogP) is 0.786. The Hall–Kier alpha value is -0.850. The molecule has 0 radical (unpaired) electrons. The molecule has 0 saturated carbocycles. The lowest BCUT2D eigenvalue weighted by atomic mass is 10.3. The fraction of sp³-hybridized carbons (Fsp3) is 0.667. The van der Waals surface area contributed by atoms with E-state index in [-0.39, 0.29) is 0 Å². The minimum atomic E-state index is -3.05. The second-order valence-electron chi connectivity index (χ2n) is 4.47. The fourth-order valence-electron chi connectivity index (χ4n) is 1.84. The maximum absolute atomic E-state index is 11.4. The molecule has 0 spiro atoms. The van der Waals surface area contributed by atoms with Gasteiger partial charge in [0.2, 0.25) is 10.0 Å². The van der Waals surface area contributed by atoms with Crippen LogP contribution in [-0.2, 0) is 23.6 Å². The molecule has 104 valence electrons. The van der Waals surface area contributed by atoms with Crippen molar-refractivity contribution in [2.75, 3.05) is 25.9 Å². The van der Waals surface area contributed by atoms with E-state index in [4.69, 9.17) is 0 Å². The number of rotatable bonds is 8. The Morgan fingerprint density at radius 1 is 1.44 bits per heavy atom. The molecule has 0 saturated heterocycles. The molecule has 5 nitrogen and oxygen atoms in total. The molecule has 0 fully saturated rings. The molecule has 1 aromatic rings. The summed E-state index contributed by atoms with van der Waals surface area (Å²) in [7, 11) is -1.05. The number of hydrogen-bond donors (Lipinski definition) is 1. The quantitative estimate of drug-likeness (QED) is 0.712. The molecular formula is C12H23N3O2S.